The van der Waals surface area contributed by atoms with Crippen molar-refractivity contribution in [2.45, 2.75) is 37.8 Å². The molecule has 26 heavy (non-hydrogen) atoms. The standard InChI is InChI=1S/C22H27NO3/c1-2-17-25-22(18-9-5-3-6-10-18,19-11-7-4-8-12-19)21(24)26-20-13-15-23-16-14-20/h3-12,20,23H,2,13-17H2,1H3/i1D3,2D2,17D2. The smallest absolute Gasteiger partial charge is 0.348 e. The van der Waals surface area contributed by atoms with Crippen LogP contribution in [0.5, 0.6) is 0 Å². The van der Waals surface area contributed by atoms with E-state index in [0.29, 0.717) is 25.9 Å². The number of rotatable bonds is 7. The van der Waals surface area contributed by atoms with Gasteiger partial charge < -0.3 is 14.8 Å². The van der Waals surface area contributed by atoms with Crippen LogP contribution in [0.1, 0.15) is 46.8 Å². The van der Waals surface area contributed by atoms with Gasteiger partial charge in [-0.25, -0.2) is 4.79 Å². The Morgan fingerprint density at radius 3 is 2.23 bits per heavy atom. The summed E-state index contributed by atoms with van der Waals surface area (Å²) in [5.74, 6) is -0.933. The summed E-state index contributed by atoms with van der Waals surface area (Å²) in [5, 5.41) is 3.17. The quantitative estimate of drug-likeness (QED) is 0.766. The zero-order valence-corrected chi connectivity index (χ0v) is 14.4. The molecule has 0 atom stereocenters. The van der Waals surface area contributed by atoms with Crippen molar-refractivity contribution in [3.05, 3.63) is 71.8 Å². The number of piperidine rings is 1. The first-order valence-electron chi connectivity index (χ1n) is 12.1. The molecule has 4 heteroatoms. The summed E-state index contributed by atoms with van der Waals surface area (Å²) in [4.78, 5) is 13.8. The molecule has 0 saturated carbocycles. The van der Waals surface area contributed by atoms with E-state index >= 15 is 0 Å². The van der Waals surface area contributed by atoms with Crippen molar-refractivity contribution in [2.24, 2.45) is 0 Å². The molecular formula is C22H27NO3. The molecule has 0 radical (unpaired) electrons. The molecule has 1 saturated heterocycles. The number of ether oxygens (including phenoxy) is 2. The van der Waals surface area contributed by atoms with Crippen LogP contribution in [-0.2, 0) is 19.9 Å². The number of benzene rings is 2. The molecule has 0 amide bonds. The molecule has 2 aromatic carbocycles. The van der Waals surface area contributed by atoms with Crippen LogP contribution in [-0.4, -0.2) is 31.7 Å². The maximum Gasteiger partial charge on any atom is 0.348 e. The Hall–Kier alpha value is -2.17. The van der Waals surface area contributed by atoms with E-state index in [-0.39, 0.29) is 11.1 Å². The fourth-order valence-electron chi connectivity index (χ4n) is 3.16. The molecule has 3 rings (SSSR count). The molecule has 2 aromatic rings. The summed E-state index contributed by atoms with van der Waals surface area (Å²) in [5.41, 5.74) is -1.85. The number of esters is 1. The van der Waals surface area contributed by atoms with Crippen molar-refractivity contribution in [3.8, 4) is 0 Å². The average Bonchev–Trinajstić information content (AvgIpc) is 2.78. The van der Waals surface area contributed by atoms with Crippen LogP contribution >= 0.6 is 0 Å². The predicted octanol–water partition coefficient (Wildman–Crippen LogP) is 3.65. The highest BCUT2D eigenvalue weighted by atomic mass is 16.6. The average molecular weight is 361 g/mol. The van der Waals surface area contributed by atoms with Crippen molar-refractivity contribution < 1.29 is 23.9 Å². The fraction of sp³-hybridized carbons (Fsp3) is 0.409. The summed E-state index contributed by atoms with van der Waals surface area (Å²) in [6.45, 7) is -5.46. The first kappa shape index (κ1) is 11.5. The van der Waals surface area contributed by atoms with E-state index in [1.165, 1.54) is 24.3 Å². The number of hydrogen-bond acceptors (Lipinski definition) is 4. The monoisotopic (exact) mass is 360 g/mol. The molecule has 0 unspecified atom stereocenters. The number of nitrogens with one attached hydrogen (secondary N) is 1. The second-order valence-corrected chi connectivity index (χ2v) is 6.10. The second-order valence-electron chi connectivity index (χ2n) is 6.10. The van der Waals surface area contributed by atoms with Crippen molar-refractivity contribution in [1.29, 1.82) is 0 Å². The van der Waals surface area contributed by atoms with Crippen LogP contribution in [0.25, 0.3) is 0 Å². The van der Waals surface area contributed by atoms with Gasteiger partial charge in [0.05, 0.1) is 2.74 Å². The predicted molar refractivity (Wildman–Crippen MR) is 102 cm³/mol. The summed E-state index contributed by atoms with van der Waals surface area (Å²) in [7, 11) is 0. The first-order chi connectivity index (χ1) is 15.4. The van der Waals surface area contributed by atoms with Crippen LogP contribution in [0.2, 0.25) is 0 Å². The zero-order valence-electron chi connectivity index (χ0n) is 21.4. The van der Waals surface area contributed by atoms with Crippen LogP contribution in [0.3, 0.4) is 0 Å². The van der Waals surface area contributed by atoms with E-state index in [0.717, 1.165) is 0 Å². The lowest BCUT2D eigenvalue weighted by Crippen LogP contribution is -2.45. The molecule has 0 aliphatic carbocycles. The van der Waals surface area contributed by atoms with Gasteiger partial charge in [-0.05, 0) is 43.4 Å². The third-order valence-corrected chi connectivity index (χ3v) is 4.46. The highest BCUT2D eigenvalue weighted by Crippen LogP contribution is 2.36. The molecule has 138 valence electrons. The van der Waals surface area contributed by atoms with Gasteiger partial charge in [-0.15, -0.1) is 0 Å². The summed E-state index contributed by atoms with van der Waals surface area (Å²) < 4.78 is 66.8. The van der Waals surface area contributed by atoms with Gasteiger partial charge in [-0.2, -0.15) is 0 Å². The number of carbonyl (C=O) groups is 1. The van der Waals surface area contributed by atoms with E-state index in [4.69, 9.17) is 19.1 Å². The lowest BCUT2D eigenvalue weighted by Gasteiger charge is -2.35. The maximum atomic E-state index is 13.8. The Balaban J connectivity index is 2.18. The lowest BCUT2D eigenvalue weighted by molar-refractivity contribution is -0.175. The minimum Gasteiger partial charge on any atom is -0.460 e. The maximum absolute atomic E-state index is 13.8. The summed E-state index contributed by atoms with van der Waals surface area (Å²) in [6.07, 6.45) is -2.77. The Morgan fingerprint density at radius 2 is 1.69 bits per heavy atom. The van der Waals surface area contributed by atoms with Gasteiger partial charge in [0.2, 0.25) is 5.60 Å². The Morgan fingerprint density at radius 1 is 1.12 bits per heavy atom. The Kier molecular flexibility index (Phi) is 3.97. The highest BCUT2D eigenvalue weighted by Gasteiger charge is 2.45. The van der Waals surface area contributed by atoms with E-state index in [2.05, 4.69) is 5.32 Å². The molecule has 1 N–H and O–H groups in total. The molecular weight excluding hydrogens is 326 g/mol. The molecule has 1 aliphatic rings. The van der Waals surface area contributed by atoms with Crippen molar-refractivity contribution in [3.63, 3.8) is 0 Å². The van der Waals surface area contributed by atoms with Gasteiger partial charge in [0.15, 0.2) is 0 Å². The second kappa shape index (κ2) is 8.97. The number of hydrogen-bond donors (Lipinski definition) is 1. The van der Waals surface area contributed by atoms with Gasteiger partial charge in [-0.1, -0.05) is 67.5 Å². The van der Waals surface area contributed by atoms with Crippen LogP contribution < -0.4 is 5.32 Å². The van der Waals surface area contributed by atoms with Crippen molar-refractivity contribution in [2.75, 3.05) is 19.6 Å². The molecule has 1 fully saturated rings. The highest BCUT2D eigenvalue weighted by molar-refractivity contribution is 5.86. The Bertz CT molecular complexity index is 891. The minimum atomic E-state index is -3.43. The topological polar surface area (TPSA) is 47.6 Å². The van der Waals surface area contributed by atoms with Crippen LogP contribution in [0.4, 0.5) is 0 Å². The number of carbonyl (C=O) groups excluding carboxylic acids is 1. The molecule has 0 spiro atoms. The van der Waals surface area contributed by atoms with Crippen molar-refractivity contribution in [1.82, 2.24) is 5.32 Å². The van der Waals surface area contributed by atoms with Crippen LogP contribution in [0, 0.1) is 0 Å². The third-order valence-electron chi connectivity index (χ3n) is 4.46. The molecule has 1 heterocycles. The van der Waals surface area contributed by atoms with Gasteiger partial charge in [-0.3, -0.25) is 0 Å². The van der Waals surface area contributed by atoms with E-state index in [1.807, 2.05) is 0 Å². The van der Waals surface area contributed by atoms with E-state index in [9.17, 15) is 4.79 Å². The largest absolute Gasteiger partial charge is 0.460 e. The van der Waals surface area contributed by atoms with Gasteiger partial charge >= 0.3 is 5.97 Å². The zero-order chi connectivity index (χ0) is 24.3. The van der Waals surface area contributed by atoms with Gasteiger partial charge in [0, 0.05) is 13.4 Å². The summed E-state index contributed by atoms with van der Waals surface area (Å²) in [6, 6.07) is 16.1. The van der Waals surface area contributed by atoms with E-state index in [1.54, 1.807) is 36.4 Å². The van der Waals surface area contributed by atoms with Gasteiger partial charge in [0.1, 0.15) is 6.10 Å². The van der Waals surface area contributed by atoms with E-state index < -0.39 is 37.5 Å². The first-order valence-corrected chi connectivity index (χ1v) is 8.65. The minimum absolute atomic E-state index is 0.195. The molecule has 1 aliphatic heterocycles. The fourth-order valence-corrected chi connectivity index (χ4v) is 3.16. The Labute approximate surface area is 165 Å². The third kappa shape index (κ3) is 3.97. The SMILES string of the molecule is [2H]C([2H])([2H])C([2H])([2H])C([2H])([2H])OC(C(=O)OC1CCNCC1)(c1ccccc1)c1ccccc1. The normalized spacial score (nSPS) is 21.2. The molecule has 0 aromatic heterocycles. The van der Waals surface area contributed by atoms with Gasteiger partial charge in [0.25, 0.3) is 0 Å². The molecule has 0 bridgehead atoms. The summed E-state index contributed by atoms with van der Waals surface area (Å²) >= 11 is 0. The molecule has 4 nitrogen and oxygen atoms in total. The lowest BCUT2D eigenvalue weighted by atomic mass is 9.85. The van der Waals surface area contributed by atoms with Crippen molar-refractivity contribution >= 4 is 5.97 Å². The van der Waals surface area contributed by atoms with Crippen LogP contribution in [0.15, 0.2) is 60.7 Å².